The van der Waals surface area contributed by atoms with Crippen LogP contribution in [0, 0.1) is 11.3 Å². The Hall–Kier alpha value is -1.62. The average molecular weight is 262 g/mol. The minimum Gasteiger partial charge on any atom is -0.384 e. The summed E-state index contributed by atoms with van der Waals surface area (Å²) in [4.78, 5) is 6.45. The zero-order valence-corrected chi connectivity index (χ0v) is 11.6. The second-order valence-corrected chi connectivity index (χ2v) is 5.07. The van der Waals surface area contributed by atoms with Crippen LogP contribution >= 0.6 is 0 Å². The van der Waals surface area contributed by atoms with Crippen molar-refractivity contribution < 1.29 is 4.74 Å². The molecule has 1 aromatic heterocycles. The Morgan fingerprint density at radius 3 is 2.95 bits per heavy atom. The normalized spacial score (nSPS) is 16.1. The first kappa shape index (κ1) is 13.8. The van der Waals surface area contributed by atoms with Gasteiger partial charge < -0.3 is 15.4 Å². The molecule has 0 aromatic carbocycles. The van der Waals surface area contributed by atoms with Crippen molar-refractivity contribution in [3.63, 3.8) is 0 Å². The van der Waals surface area contributed by atoms with E-state index < -0.39 is 0 Å². The van der Waals surface area contributed by atoms with E-state index in [2.05, 4.69) is 16.8 Å². The molecule has 3 N–H and O–H groups in total. The lowest BCUT2D eigenvalue weighted by Crippen LogP contribution is -2.38. The summed E-state index contributed by atoms with van der Waals surface area (Å²) in [5.74, 6) is 0.819. The molecule has 0 saturated heterocycles. The highest BCUT2D eigenvalue weighted by Crippen LogP contribution is 2.37. The van der Waals surface area contributed by atoms with Crippen LogP contribution in [0.1, 0.15) is 25.3 Å². The van der Waals surface area contributed by atoms with E-state index in [0.29, 0.717) is 12.6 Å². The number of anilines is 1. The molecule has 5 nitrogen and oxygen atoms in total. The average Bonchev–Trinajstić information content (AvgIpc) is 3.23. The molecule has 1 heterocycles. The monoisotopic (exact) mass is 262 g/mol. The van der Waals surface area contributed by atoms with E-state index in [9.17, 15) is 0 Å². The molecule has 1 atom stereocenters. The number of nitrogen functional groups attached to an aromatic ring is 1. The number of hydrogen-bond donors (Lipinski definition) is 2. The smallest absolute Gasteiger partial charge is 0.125 e. The lowest BCUT2D eigenvalue weighted by molar-refractivity contribution is 0.202. The molecule has 0 aliphatic heterocycles. The summed E-state index contributed by atoms with van der Waals surface area (Å²) in [6.07, 6.45) is 6.03. The van der Waals surface area contributed by atoms with Gasteiger partial charge in [0.1, 0.15) is 5.84 Å². The number of ether oxygens (including phenoxy) is 1. The molecular formula is C14H22N4O. The Morgan fingerprint density at radius 1 is 1.63 bits per heavy atom. The van der Waals surface area contributed by atoms with Gasteiger partial charge in [-0.3, -0.25) is 10.4 Å². The maximum Gasteiger partial charge on any atom is 0.125 e. The van der Waals surface area contributed by atoms with Crippen LogP contribution in [0.3, 0.4) is 0 Å². The highest BCUT2D eigenvalue weighted by Gasteiger charge is 2.33. The summed E-state index contributed by atoms with van der Waals surface area (Å²) in [5.41, 5.74) is 7.36. The number of nitrogens with two attached hydrogens (primary N) is 1. The van der Waals surface area contributed by atoms with Gasteiger partial charge in [0.05, 0.1) is 18.5 Å². The Kier molecular flexibility index (Phi) is 4.37. The highest BCUT2D eigenvalue weighted by molar-refractivity contribution is 6.00. The van der Waals surface area contributed by atoms with E-state index in [0.717, 1.165) is 23.7 Å². The number of pyridine rings is 1. The Bertz CT molecular complexity index is 445. The second-order valence-electron chi connectivity index (χ2n) is 5.07. The first-order valence-electron chi connectivity index (χ1n) is 6.69. The van der Waals surface area contributed by atoms with E-state index in [1.807, 2.05) is 0 Å². The summed E-state index contributed by atoms with van der Waals surface area (Å²) in [5, 5.41) is 7.70. The fourth-order valence-corrected chi connectivity index (χ4v) is 2.41. The van der Waals surface area contributed by atoms with Crippen molar-refractivity contribution >= 4 is 11.5 Å². The quantitative estimate of drug-likeness (QED) is 0.578. The highest BCUT2D eigenvalue weighted by atomic mass is 16.5. The number of rotatable bonds is 7. The van der Waals surface area contributed by atoms with Crippen molar-refractivity contribution in [2.75, 3.05) is 25.2 Å². The van der Waals surface area contributed by atoms with Crippen LogP contribution < -0.4 is 10.6 Å². The fraction of sp³-hybridized carbons (Fsp3) is 0.571. The molecule has 1 aliphatic rings. The zero-order valence-electron chi connectivity index (χ0n) is 11.6. The van der Waals surface area contributed by atoms with E-state index in [-0.39, 0.29) is 5.84 Å². The van der Waals surface area contributed by atoms with Gasteiger partial charge in [0.25, 0.3) is 0 Å². The maximum absolute atomic E-state index is 7.70. The van der Waals surface area contributed by atoms with Crippen LogP contribution in [-0.2, 0) is 4.74 Å². The molecule has 0 amide bonds. The van der Waals surface area contributed by atoms with Crippen LogP contribution in [0.25, 0.3) is 0 Å². The molecule has 1 aromatic rings. The predicted octanol–water partition coefficient (Wildman–Crippen LogP) is 1.62. The van der Waals surface area contributed by atoms with Crippen molar-refractivity contribution in [2.45, 2.75) is 25.8 Å². The first-order chi connectivity index (χ1) is 9.15. The van der Waals surface area contributed by atoms with Crippen LogP contribution in [0.15, 0.2) is 18.5 Å². The number of amidine groups is 1. The van der Waals surface area contributed by atoms with Crippen molar-refractivity contribution in [3.8, 4) is 0 Å². The van der Waals surface area contributed by atoms with Gasteiger partial charge in [-0.15, -0.1) is 0 Å². The third-order valence-electron chi connectivity index (χ3n) is 3.73. The summed E-state index contributed by atoms with van der Waals surface area (Å²) in [7, 11) is 1.70. The topological polar surface area (TPSA) is 75.2 Å². The van der Waals surface area contributed by atoms with Crippen molar-refractivity contribution in [2.24, 2.45) is 11.7 Å². The molecule has 2 rings (SSSR count). The van der Waals surface area contributed by atoms with Crippen LogP contribution in [0.4, 0.5) is 5.69 Å². The van der Waals surface area contributed by atoms with Gasteiger partial charge in [-0.25, -0.2) is 0 Å². The molecule has 5 heteroatoms. The lowest BCUT2D eigenvalue weighted by atomic mass is 10.1. The molecule has 104 valence electrons. The van der Waals surface area contributed by atoms with Gasteiger partial charge >= 0.3 is 0 Å². The fourth-order valence-electron chi connectivity index (χ4n) is 2.41. The van der Waals surface area contributed by atoms with Gasteiger partial charge in [0.15, 0.2) is 0 Å². The maximum atomic E-state index is 7.70. The minimum atomic E-state index is 0.0859. The Labute approximate surface area is 114 Å². The standard InChI is InChI=1S/C14H22N4O/c1-10(11-3-4-11)18(7-8-19-2)13-9-17-6-5-12(13)14(15)16/h5-6,9-11H,3-4,7-8H2,1-2H3,(H3,15,16). The summed E-state index contributed by atoms with van der Waals surface area (Å²) < 4.78 is 5.20. The molecule has 19 heavy (non-hydrogen) atoms. The first-order valence-corrected chi connectivity index (χ1v) is 6.69. The predicted molar refractivity (Wildman–Crippen MR) is 76.7 cm³/mol. The van der Waals surface area contributed by atoms with Gasteiger partial charge in [0, 0.05) is 31.5 Å². The van der Waals surface area contributed by atoms with Crippen molar-refractivity contribution in [1.29, 1.82) is 5.41 Å². The van der Waals surface area contributed by atoms with E-state index in [4.69, 9.17) is 15.9 Å². The zero-order chi connectivity index (χ0) is 13.8. The van der Waals surface area contributed by atoms with Gasteiger partial charge in [-0.05, 0) is 31.7 Å². The molecule has 1 unspecified atom stereocenters. The molecular weight excluding hydrogens is 240 g/mol. The van der Waals surface area contributed by atoms with Gasteiger partial charge in [-0.1, -0.05) is 0 Å². The molecule has 1 saturated carbocycles. The third kappa shape index (κ3) is 3.23. The summed E-state index contributed by atoms with van der Waals surface area (Å²) in [6.45, 7) is 3.67. The molecule has 0 bridgehead atoms. The second kappa shape index (κ2) is 6.02. The number of aromatic nitrogens is 1. The van der Waals surface area contributed by atoms with Crippen molar-refractivity contribution in [3.05, 3.63) is 24.0 Å². The Morgan fingerprint density at radius 2 is 2.37 bits per heavy atom. The summed E-state index contributed by atoms with van der Waals surface area (Å²) in [6, 6.07) is 2.23. The number of hydrogen-bond acceptors (Lipinski definition) is 4. The summed E-state index contributed by atoms with van der Waals surface area (Å²) >= 11 is 0. The van der Waals surface area contributed by atoms with Crippen LogP contribution in [-0.4, -0.2) is 37.1 Å². The third-order valence-corrected chi connectivity index (χ3v) is 3.73. The van der Waals surface area contributed by atoms with Crippen LogP contribution in [0.5, 0.6) is 0 Å². The molecule has 1 aliphatic carbocycles. The van der Waals surface area contributed by atoms with Crippen molar-refractivity contribution in [1.82, 2.24) is 4.98 Å². The number of methoxy groups -OCH3 is 1. The molecule has 1 fully saturated rings. The lowest BCUT2D eigenvalue weighted by Gasteiger charge is -2.32. The SMILES string of the molecule is COCCN(c1cnccc1C(=N)N)C(C)C1CC1. The van der Waals surface area contributed by atoms with Gasteiger partial charge in [0.2, 0.25) is 0 Å². The van der Waals surface area contributed by atoms with E-state index >= 15 is 0 Å². The van der Waals surface area contributed by atoms with Crippen LogP contribution in [0.2, 0.25) is 0 Å². The van der Waals surface area contributed by atoms with E-state index in [1.54, 1.807) is 25.6 Å². The number of nitrogens with one attached hydrogen (secondary N) is 1. The Balaban J connectivity index is 2.28. The largest absolute Gasteiger partial charge is 0.384 e. The van der Waals surface area contributed by atoms with Gasteiger partial charge in [-0.2, -0.15) is 0 Å². The minimum absolute atomic E-state index is 0.0859. The molecule has 0 spiro atoms. The number of nitrogens with zero attached hydrogens (tertiary/aromatic N) is 2. The molecule has 0 radical (unpaired) electrons. The van der Waals surface area contributed by atoms with E-state index in [1.165, 1.54) is 12.8 Å².